The van der Waals surface area contributed by atoms with E-state index in [2.05, 4.69) is 15.4 Å². The number of amidine groups is 1. The van der Waals surface area contributed by atoms with Gasteiger partial charge < -0.3 is 10.4 Å². The molecule has 4 N–H and O–H groups in total. The fourth-order valence-corrected chi connectivity index (χ4v) is 1.04. The zero-order valence-electron chi connectivity index (χ0n) is 8.24. The second-order valence-corrected chi connectivity index (χ2v) is 3.14. The number of aliphatic imine (C=N–C) groups is 1. The van der Waals surface area contributed by atoms with Crippen LogP contribution >= 0.6 is 0 Å². The number of pyridine rings is 1. The van der Waals surface area contributed by atoms with Crippen LogP contribution in [0.1, 0.15) is 19.4 Å². The second kappa shape index (κ2) is 4.57. The van der Waals surface area contributed by atoms with Gasteiger partial charge in [-0.2, -0.15) is 0 Å². The molecule has 0 fully saturated rings. The van der Waals surface area contributed by atoms with Crippen molar-refractivity contribution in [2.45, 2.75) is 19.9 Å². The molecule has 0 bridgehead atoms. The fourth-order valence-electron chi connectivity index (χ4n) is 1.04. The summed E-state index contributed by atoms with van der Waals surface area (Å²) in [4.78, 5) is 18.4. The molecule has 0 aliphatic carbocycles. The molecule has 0 aliphatic rings. The van der Waals surface area contributed by atoms with E-state index in [1.807, 2.05) is 13.8 Å². The van der Waals surface area contributed by atoms with Gasteiger partial charge in [0.15, 0.2) is 5.43 Å². The van der Waals surface area contributed by atoms with Crippen molar-refractivity contribution in [1.82, 2.24) is 10.4 Å². The van der Waals surface area contributed by atoms with Crippen LogP contribution in [0.3, 0.4) is 0 Å². The van der Waals surface area contributed by atoms with Gasteiger partial charge >= 0.3 is 0 Å². The molecule has 76 valence electrons. The third-order valence-corrected chi connectivity index (χ3v) is 1.60. The third kappa shape index (κ3) is 2.43. The lowest BCUT2D eigenvalue weighted by Gasteiger charge is -2.06. The number of hydrogen-bond acceptors (Lipinski definition) is 3. The number of nitrogens with two attached hydrogens (primary N) is 1. The average molecular weight is 194 g/mol. The number of aromatic nitrogens is 1. The lowest BCUT2D eigenvalue weighted by Crippen LogP contribution is -2.35. The van der Waals surface area contributed by atoms with Crippen molar-refractivity contribution in [2.24, 2.45) is 10.8 Å². The average Bonchev–Trinajstić information content (AvgIpc) is 2.15. The third-order valence-electron chi connectivity index (χ3n) is 1.60. The molecular formula is C9H14N4O. The molecule has 0 aliphatic heterocycles. The minimum absolute atomic E-state index is 0.0839. The lowest BCUT2D eigenvalue weighted by atomic mass is 10.2. The number of H-pyrrole nitrogens is 1. The maximum Gasteiger partial charge on any atom is 0.192 e. The Hall–Kier alpha value is -1.62. The summed E-state index contributed by atoms with van der Waals surface area (Å²) in [5, 5.41) is 0. The van der Waals surface area contributed by atoms with Crippen LogP contribution in [-0.2, 0) is 0 Å². The number of rotatable bonds is 2. The molecule has 0 saturated heterocycles. The van der Waals surface area contributed by atoms with Crippen molar-refractivity contribution < 1.29 is 0 Å². The van der Waals surface area contributed by atoms with Crippen LogP contribution in [0.25, 0.3) is 0 Å². The smallest absolute Gasteiger partial charge is 0.192 e. The van der Waals surface area contributed by atoms with Crippen LogP contribution in [-0.4, -0.2) is 16.9 Å². The van der Waals surface area contributed by atoms with Crippen LogP contribution in [0, 0.1) is 0 Å². The van der Waals surface area contributed by atoms with Crippen molar-refractivity contribution in [3.63, 3.8) is 0 Å². The Kier molecular flexibility index (Phi) is 3.41. The van der Waals surface area contributed by atoms with Gasteiger partial charge in [0.25, 0.3) is 0 Å². The van der Waals surface area contributed by atoms with E-state index < -0.39 is 0 Å². The van der Waals surface area contributed by atoms with Crippen molar-refractivity contribution in [3.05, 3.63) is 34.2 Å². The van der Waals surface area contributed by atoms with Gasteiger partial charge in [-0.25, -0.2) is 5.84 Å². The van der Waals surface area contributed by atoms with Gasteiger partial charge in [0.1, 0.15) is 5.84 Å². The van der Waals surface area contributed by atoms with Gasteiger partial charge in [-0.1, -0.05) is 0 Å². The van der Waals surface area contributed by atoms with Gasteiger partial charge in [0, 0.05) is 24.5 Å². The van der Waals surface area contributed by atoms with Crippen molar-refractivity contribution in [1.29, 1.82) is 0 Å². The van der Waals surface area contributed by atoms with Gasteiger partial charge in [-0.05, 0) is 13.8 Å². The maximum absolute atomic E-state index is 11.4. The summed E-state index contributed by atoms with van der Waals surface area (Å²) in [6, 6.07) is 1.52. The summed E-state index contributed by atoms with van der Waals surface area (Å²) in [5.74, 6) is 5.69. The summed E-state index contributed by atoms with van der Waals surface area (Å²) < 4.78 is 0. The molecule has 5 nitrogen and oxygen atoms in total. The molecule has 0 atom stereocenters. The Morgan fingerprint density at radius 2 is 2.36 bits per heavy atom. The molecule has 0 amide bonds. The normalized spacial score (nSPS) is 11.9. The SMILES string of the molecule is CC(C)N=C(NN)c1c[nH]ccc1=O. The summed E-state index contributed by atoms with van der Waals surface area (Å²) >= 11 is 0. The zero-order valence-corrected chi connectivity index (χ0v) is 8.24. The Balaban J connectivity index is 3.14. The Morgan fingerprint density at radius 1 is 1.64 bits per heavy atom. The molecule has 0 aromatic carbocycles. The predicted molar refractivity (Wildman–Crippen MR) is 56.1 cm³/mol. The maximum atomic E-state index is 11.4. The lowest BCUT2D eigenvalue weighted by molar-refractivity contribution is 0.820. The van der Waals surface area contributed by atoms with E-state index in [9.17, 15) is 4.79 Å². The molecule has 1 rings (SSSR count). The highest BCUT2D eigenvalue weighted by Crippen LogP contribution is 1.93. The van der Waals surface area contributed by atoms with E-state index in [-0.39, 0.29) is 11.5 Å². The molecule has 5 heteroatoms. The van der Waals surface area contributed by atoms with Crippen molar-refractivity contribution in [2.75, 3.05) is 0 Å². The van der Waals surface area contributed by atoms with E-state index in [0.717, 1.165) is 0 Å². The minimum atomic E-state index is -0.110. The standard InChI is InChI=1S/C9H14N4O/c1-6(2)12-9(13-10)7-5-11-4-3-8(7)14/h3-6H,10H2,1-2H3,(H,11,14)(H,12,13). The van der Waals surface area contributed by atoms with E-state index in [0.29, 0.717) is 11.4 Å². The van der Waals surface area contributed by atoms with Gasteiger partial charge in [0.05, 0.1) is 5.56 Å². The first kappa shape index (κ1) is 10.5. The summed E-state index contributed by atoms with van der Waals surface area (Å²) in [6.45, 7) is 3.82. The summed E-state index contributed by atoms with van der Waals surface area (Å²) in [7, 11) is 0. The van der Waals surface area contributed by atoms with Crippen LogP contribution in [0.2, 0.25) is 0 Å². The molecule has 0 saturated carbocycles. The number of aromatic amines is 1. The Morgan fingerprint density at radius 3 is 2.86 bits per heavy atom. The van der Waals surface area contributed by atoms with Crippen LogP contribution in [0.15, 0.2) is 28.2 Å². The first-order chi connectivity index (χ1) is 6.65. The predicted octanol–water partition coefficient (Wildman–Crippen LogP) is -0.00680. The van der Waals surface area contributed by atoms with E-state index >= 15 is 0 Å². The number of hydrazine groups is 1. The molecule has 1 aromatic rings. The van der Waals surface area contributed by atoms with E-state index in [4.69, 9.17) is 5.84 Å². The fraction of sp³-hybridized carbons (Fsp3) is 0.333. The zero-order chi connectivity index (χ0) is 10.6. The molecular weight excluding hydrogens is 180 g/mol. The topological polar surface area (TPSA) is 83.3 Å². The molecule has 14 heavy (non-hydrogen) atoms. The van der Waals surface area contributed by atoms with Crippen molar-refractivity contribution >= 4 is 5.84 Å². The highest BCUT2D eigenvalue weighted by molar-refractivity contribution is 5.98. The summed E-state index contributed by atoms with van der Waals surface area (Å²) in [5.41, 5.74) is 2.76. The van der Waals surface area contributed by atoms with Crippen molar-refractivity contribution in [3.8, 4) is 0 Å². The van der Waals surface area contributed by atoms with Gasteiger partial charge in [-0.15, -0.1) is 0 Å². The molecule has 0 unspecified atom stereocenters. The summed E-state index contributed by atoms with van der Waals surface area (Å²) in [6.07, 6.45) is 3.14. The molecule has 1 heterocycles. The molecule has 1 aromatic heterocycles. The van der Waals surface area contributed by atoms with Crippen LogP contribution < -0.4 is 16.7 Å². The highest BCUT2D eigenvalue weighted by atomic mass is 16.1. The molecule has 0 spiro atoms. The number of nitrogens with one attached hydrogen (secondary N) is 2. The second-order valence-electron chi connectivity index (χ2n) is 3.14. The monoisotopic (exact) mass is 194 g/mol. The number of hydrogen-bond donors (Lipinski definition) is 3. The minimum Gasteiger partial charge on any atom is -0.367 e. The van der Waals surface area contributed by atoms with Crippen LogP contribution in [0.4, 0.5) is 0 Å². The number of nitrogens with zero attached hydrogens (tertiary/aromatic N) is 1. The highest BCUT2D eigenvalue weighted by Gasteiger charge is 2.05. The quantitative estimate of drug-likeness (QED) is 0.268. The molecule has 0 radical (unpaired) electrons. The van der Waals surface area contributed by atoms with E-state index in [1.54, 1.807) is 12.4 Å². The van der Waals surface area contributed by atoms with Gasteiger partial charge in [0.2, 0.25) is 0 Å². The Bertz CT molecular complexity index is 380. The first-order valence-corrected chi connectivity index (χ1v) is 4.37. The Labute approximate surface area is 82.0 Å². The van der Waals surface area contributed by atoms with Gasteiger partial charge in [-0.3, -0.25) is 9.79 Å². The first-order valence-electron chi connectivity index (χ1n) is 4.37. The van der Waals surface area contributed by atoms with Crippen LogP contribution in [0.5, 0.6) is 0 Å². The largest absolute Gasteiger partial charge is 0.367 e. The van der Waals surface area contributed by atoms with E-state index in [1.165, 1.54) is 6.07 Å².